The average Bonchev–Trinajstić information content (AvgIpc) is 3.08. The fourth-order valence-corrected chi connectivity index (χ4v) is 10.3. The largest absolute Gasteiger partial charge is 0.497 e. The van der Waals surface area contributed by atoms with Crippen molar-refractivity contribution < 1.29 is 26.4 Å². The second kappa shape index (κ2) is 12.8. The molecule has 0 aliphatic carbocycles. The SMILES string of the molecule is CCc1ccc([C@@H]2CC(=O)[C@@H]3CN(S(=O)(=O)c4ccccc4)[C@H](c4ccc(OC)cc4)C[C@@H]3N2S(=O)(=O)c2ccc(C)cc2)cc1. The number of carbonyl (C=O) groups excluding carboxylic acids is 1. The standard InChI is InChI=1S/C36H38N2O6S2/c1-4-26-12-14-28(15-13-26)34-23-36(39)32-24-37(45(40,41)30-8-6-5-7-9-30)33(27-16-18-29(44-3)19-17-27)22-35(32)38(34)46(42,43)31-20-10-25(2)11-21-31/h5-21,32-35H,4,22-24H2,1-3H3/t32-,33+,34+,35+/m1/s1. The zero-order valence-electron chi connectivity index (χ0n) is 26.1. The summed E-state index contributed by atoms with van der Waals surface area (Å²) < 4.78 is 66.0. The van der Waals surface area contributed by atoms with Crippen LogP contribution in [0.2, 0.25) is 0 Å². The van der Waals surface area contributed by atoms with Gasteiger partial charge in [-0.15, -0.1) is 0 Å². The highest BCUT2D eigenvalue weighted by molar-refractivity contribution is 7.89. The van der Waals surface area contributed by atoms with Crippen LogP contribution in [0, 0.1) is 12.8 Å². The summed E-state index contributed by atoms with van der Waals surface area (Å²) in [5, 5.41) is 0. The molecule has 2 heterocycles. The first-order valence-electron chi connectivity index (χ1n) is 15.5. The maximum Gasteiger partial charge on any atom is 0.243 e. The monoisotopic (exact) mass is 658 g/mol. The Bertz CT molecular complexity index is 1910. The minimum atomic E-state index is -4.11. The number of sulfonamides is 2. The van der Waals surface area contributed by atoms with Gasteiger partial charge in [-0.1, -0.05) is 79.2 Å². The Morgan fingerprint density at radius 3 is 1.93 bits per heavy atom. The summed E-state index contributed by atoms with van der Waals surface area (Å²) in [6.45, 7) is 3.81. The van der Waals surface area contributed by atoms with E-state index in [-0.39, 0.29) is 35.0 Å². The lowest BCUT2D eigenvalue weighted by Gasteiger charge is -2.51. The summed E-state index contributed by atoms with van der Waals surface area (Å²) in [5.41, 5.74) is 3.46. The maximum absolute atomic E-state index is 14.7. The number of rotatable bonds is 8. The van der Waals surface area contributed by atoms with Gasteiger partial charge in [-0.3, -0.25) is 4.79 Å². The van der Waals surface area contributed by atoms with Crippen LogP contribution in [0.4, 0.5) is 0 Å². The van der Waals surface area contributed by atoms with E-state index in [1.807, 2.05) is 43.3 Å². The van der Waals surface area contributed by atoms with Crippen molar-refractivity contribution in [2.24, 2.45) is 5.92 Å². The van der Waals surface area contributed by atoms with Gasteiger partial charge in [-0.2, -0.15) is 8.61 Å². The predicted octanol–water partition coefficient (Wildman–Crippen LogP) is 6.09. The van der Waals surface area contributed by atoms with Gasteiger partial charge in [0.05, 0.1) is 29.0 Å². The number of ketones is 1. The highest BCUT2D eigenvalue weighted by Gasteiger charge is 2.54. The second-order valence-electron chi connectivity index (χ2n) is 12.0. The Kier molecular flexibility index (Phi) is 8.91. The van der Waals surface area contributed by atoms with E-state index in [0.29, 0.717) is 11.3 Å². The van der Waals surface area contributed by atoms with Gasteiger partial charge in [0, 0.05) is 24.9 Å². The second-order valence-corrected chi connectivity index (χ2v) is 15.7. The number of benzene rings is 4. The number of nitrogens with zero attached hydrogens (tertiary/aromatic N) is 2. The third kappa shape index (κ3) is 5.90. The summed E-state index contributed by atoms with van der Waals surface area (Å²) in [5.74, 6) is -0.382. The van der Waals surface area contributed by atoms with E-state index in [4.69, 9.17) is 4.74 Å². The van der Waals surface area contributed by atoms with Gasteiger partial charge in [-0.05, 0) is 72.9 Å². The Balaban J connectivity index is 1.50. The summed E-state index contributed by atoms with van der Waals surface area (Å²) >= 11 is 0. The smallest absolute Gasteiger partial charge is 0.243 e. The molecule has 8 nitrogen and oxygen atoms in total. The highest BCUT2D eigenvalue weighted by Crippen LogP contribution is 2.48. The van der Waals surface area contributed by atoms with Crippen molar-refractivity contribution >= 4 is 25.8 Å². The zero-order chi connectivity index (χ0) is 32.6. The molecular weight excluding hydrogens is 621 g/mol. The molecule has 2 fully saturated rings. The van der Waals surface area contributed by atoms with E-state index in [0.717, 1.165) is 23.1 Å². The molecule has 4 atom stereocenters. The minimum absolute atomic E-state index is 0.0514. The quantitative estimate of drug-likeness (QED) is 0.227. The van der Waals surface area contributed by atoms with Crippen molar-refractivity contribution in [3.05, 3.63) is 125 Å². The molecule has 2 aliphatic rings. The summed E-state index contributed by atoms with van der Waals surface area (Å²) in [6.07, 6.45) is 0.878. The predicted molar refractivity (Wildman–Crippen MR) is 176 cm³/mol. The number of Topliss-reactive ketones (excluding diaryl/α,β-unsaturated/α-hetero) is 1. The number of carbonyl (C=O) groups is 1. The van der Waals surface area contributed by atoms with Crippen molar-refractivity contribution in [3.63, 3.8) is 0 Å². The molecule has 46 heavy (non-hydrogen) atoms. The molecule has 4 aromatic rings. The van der Waals surface area contributed by atoms with E-state index in [2.05, 4.69) is 6.92 Å². The number of fused-ring (bicyclic) bond motifs is 1. The molecule has 4 aromatic carbocycles. The van der Waals surface area contributed by atoms with Crippen LogP contribution in [0.1, 0.15) is 54.1 Å². The highest BCUT2D eigenvalue weighted by atomic mass is 32.2. The molecule has 0 bridgehead atoms. The molecule has 0 unspecified atom stereocenters. The third-order valence-corrected chi connectivity index (χ3v) is 13.2. The Morgan fingerprint density at radius 2 is 1.33 bits per heavy atom. The molecule has 0 spiro atoms. The van der Waals surface area contributed by atoms with E-state index in [1.165, 1.54) is 8.61 Å². The molecule has 0 amide bonds. The van der Waals surface area contributed by atoms with Crippen molar-refractivity contribution in [2.45, 2.75) is 61.0 Å². The molecule has 6 rings (SSSR count). The lowest BCUT2D eigenvalue weighted by molar-refractivity contribution is -0.132. The van der Waals surface area contributed by atoms with Crippen LogP contribution in [0.15, 0.2) is 113 Å². The van der Waals surface area contributed by atoms with Crippen molar-refractivity contribution in [1.82, 2.24) is 8.61 Å². The number of piperidine rings is 2. The molecule has 2 aliphatic heterocycles. The fourth-order valence-electron chi connectivity index (χ4n) is 6.75. The number of ether oxygens (including phenoxy) is 1. The van der Waals surface area contributed by atoms with Crippen LogP contribution in [0.3, 0.4) is 0 Å². The first-order valence-corrected chi connectivity index (χ1v) is 18.3. The van der Waals surface area contributed by atoms with Crippen molar-refractivity contribution in [1.29, 1.82) is 0 Å². The van der Waals surface area contributed by atoms with Gasteiger partial charge < -0.3 is 4.74 Å². The first-order chi connectivity index (χ1) is 22.0. The molecule has 0 N–H and O–H groups in total. The lowest BCUT2D eigenvalue weighted by atomic mass is 9.77. The van der Waals surface area contributed by atoms with Crippen LogP contribution in [-0.4, -0.2) is 50.9 Å². The normalized spacial score (nSPS) is 22.7. The van der Waals surface area contributed by atoms with Gasteiger partial charge in [-0.25, -0.2) is 16.8 Å². The first kappa shape index (κ1) is 32.1. The van der Waals surface area contributed by atoms with E-state index in [9.17, 15) is 21.6 Å². The van der Waals surface area contributed by atoms with E-state index >= 15 is 0 Å². The van der Waals surface area contributed by atoms with Gasteiger partial charge in [0.2, 0.25) is 20.0 Å². The van der Waals surface area contributed by atoms with Crippen LogP contribution in [-0.2, 0) is 31.3 Å². The molecular formula is C36H38N2O6S2. The molecule has 0 saturated carbocycles. The summed E-state index contributed by atoms with van der Waals surface area (Å²) in [4.78, 5) is 14.3. The number of methoxy groups -OCH3 is 1. The van der Waals surface area contributed by atoms with Crippen molar-refractivity contribution in [2.75, 3.05) is 13.7 Å². The van der Waals surface area contributed by atoms with E-state index < -0.39 is 44.1 Å². The Hall–Kier alpha value is -3.83. The summed E-state index contributed by atoms with van der Waals surface area (Å²) in [6, 6.07) is 27.5. The Morgan fingerprint density at radius 1 is 0.739 bits per heavy atom. The maximum atomic E-state index is 14.7. The summed E-state index contributed by atoms with van der Waals surface area (Å²) in [7, 11) is -6.61. The topological polar surface area (TPSA) is 101 Å². The Labute approximate surface area is 271 Å². The third-order valence-electron chi connectivity index (χ3n) is 9.32. The molecule has 2 saturated heterocycles. The minimum Gasteiger partial charge on any atom is -0.497 e. The van der Waals surface area contributed by atoms with Gasteiger partial charge in [0.15, 0.2) is 0 Å². The fraction of sp³-hybridized carbons (Fsp3) is 0.306. The van der Waals surface area contributed by atoms with Crippen LogP contribution in [0.25, 0.3) is 0 Å². The molecule has 240 valence electrons. The zero-order valence-corrected chi connectivity index (χ0v) is 27.7. The average molecular weight is 659 g/mol. The number of aryl methyl sites for hydroxylation is 2. The van der Waals surface area contributed by atoms with Gasteiger partial charge >= 0.3 is 0 Å². The lowest BCUT2D eigenvalue weighted by Crippen LogP contribution is -2.60. The molecule has 0 aromatic heterocycles. The molecule has 0 radical (unpaired) electrons. The van der Waals surface area contributed by atoms with E-state index in [1.54, 1.807) is 73.8 Å². The number of hydrogen-bond donors (Lipinski definition) is 0. The van der Waals surface area contributed by atoms with Crippen molar-refractivity contribution in [3.8, 4) is 5.75 Å². The van der Waals surface area contributed by atoms with Crippen LogP contribution < -0.4 is 4.74 Å². The van der Waals surface area contributed by atoms with Crippen LogP contribution >= 0.6 is 0 Å². The van der Waals surface area contributed by atoms with Gasteiger partial charge in [0.25, 0.3) is 0 Å². The molecule has 10 heteroatoms. The number of hydrogen-bond acceptors (Lipinski definition) is 6. The van der Waals surface area contributed by atoms with Gasteiger partial charge in [0.1, 0.15) is 11.5 Å². The van der Waals surface area contributed by atoms with Crippen LogP contribution in [0.5, 0.6) is 5.75 Å².